The standard InChI is InChI=1S/C40H44N2O4/c1-25-16-17-29(26(2)18-25)41-35(45)24-46-34-15-11-10-14-28(34)36-37-30(19-39(3,4)21-32(37)43)42(23-27-12-8-7-9-13-27)31-20-40(5,6)22-33(44)38(31)36/h7-18,36H,19-24H2,1-6H3,(H,41,45). The van der Waals surface area contributed by atoms with Gasteiger partial charge in [0.2, 0.25) is 0 Å². The molecule has 0 fully saturated rings. The van der Waals surface area contributed by atoms with Gasteiger partial charge in [-0.2, -0.15) is 0 Å². The van der Waals surface area contributed by atoms with Gasteiger partial charge >= 0.3 is 0 Å². The van der Waals surface area contributed by atoms with Crippen LogP contribution in [0.3, 0.4) is 0 Å². The quantitative estimate of drug-likeness (QED) is 0.290. The lowest BCUT2D eigenvalue weighted by Gasteiger charge is -2.49. The molecule has 6 heteroatoms. The van der Waals surface area contributed by atoms with Gasteiger partial charge in [-0.05, 0) is 60.8 Å². The molecule has 0 bridgehead atoms. The molecule has 238 valence electrons. The second-order valence-electron chi connectivity index (χ2n) is 14.8. The van der Waals surface area contributed by atoms with Gasteiger partial charge in [-0.3, -0.25) is 14.4 Å². The van der Waals surface area contributed by atoms with Gasteiger partial charge in [0.15, 0.2) is 18.2 Å². The number of allylic oxidation sites excluding steroid dienone is 4. The van der Waals surface area contributed by atoms with E-state index >= 15 is 0 Å². The number of hydrogen-bond donors (Lipinski definition) is 1. The van der Waals surface area contributed by atoms with Crippen molar-refractivity contribution in [3.63, 3.8) is 0 Å². The lowest BCUT2D eigenvalue weighted by Crippen LogP contribution is -2.44. The van der Waals surface area contributed by atoms with Crippen LogP contribution in [0.2, 0.25) is 0 Å². The van der Waals surface area contributed by atoms with Crippen molar-refractivity contribution in [2.24, 2.45) is 10.8 Å². The number of amides is 1. The van der Waals surface area contributed by atoms with E-state index in [4.69, 9.17) is 4.74 Å². The van der Waals surface area contributed by atoms with Crippen molar-refractivity contribution in [3.05, 3.63) is 118 Å². The van der Waals surface area contributed by atoms with Crippen molar-refractivity contribution in [3.8, 4) is 5.75 Å². The Morgan fingerprint density at radius 2 is 1.39 bits per heavy atom. The summed E-state index contributed by atoms with van der Waals surface area (Å²) in [6.07, 6.45) is 2.27. The van der Waals surface area contributed by atoms with Crippen LogP contribution in [0.15, 0.2) is 95.3 Å². The van der Waals surface area contributed by atoms with Crippen LogP contribution in [-0.2, 0) is 20.9 Å². The van der Waals surface area contributed by atoms with E-state index in [-0.39, 0.29) is 34.9 Å². The fourth-order valence-electron chi connectivity index (χ4n) is 7.45. The average molecular weight is 617 g/mol. The van der Waals surface area contributed by atoms with Crippen molar-refractivity contribution < 1.29 is 19.1 Å². The minimum absolute atomic E-state index is 0.0703. The molecule has 1 heterocycles. The first-order valence-corrected chi connectivity index (χ1v) is 16.2. The molecule has 46 heavy (non-hydrogen) atoms. The van der Waals surface area contributed by atoms with Gasteiger partial charge in [-0.15, -0.1) is 0 Å². The maximum atomic E-state index is 14.2. The average Bonchev–Trinajstić information content (AvgIpc) is 2.98. The summed E-state index contributed by atoms with van der Waals surface area (Å²) in [7, 11) is 0. The molecule has 6 nitrogen and oxygen atoms in total. The van der Waals surface area contributed by atoms with Gasteiger partial charge in [-0.25, -0.2) is 0 Å². The summed E-state index contributed by atoms with van der Waals surface area (Å²) in [5.41, 5.74) is 7.68. The molecule has 6 rings (SSSR count). The van der Waals surface area contributed by atoms with Gasteiger partial charge < -0.3 is 15.0 Å². The van der Waals surface area contributed by atoms with Crippen molar-refractivity contribution in [1.82, 2.24) is 4.90 Å². The summed E-state index contributed by atoms with van der Waals surface area (Å²) >= 11 is 0. The maximum absolute atomic E-state index is 14.2. The molecule has 3 aromatic carbocycles. The summed E-state index contributed by atoms with van der Waals surface area (Å²) < 4.78 is 6.23. The Labute approximate surface area is 272 Å². The van der Waals surface area contributed by atoms with Crippen LogP contribution < -0.4 is 10.1 Å². The number of rotatable bonds is 7. The minimum Gasteiger partial charge on any atom is -0.483 e. The molecular weight excluding hydrogens is 572 g/mol. The number of hydrogen-bond acceptors (Lipinski definition) is 5. The van der Waals surface area contributed by atoms with Crippen molar-refractivity contribution in [1.29, 1.82) is 0 Å². The number of nitrogens with one attached hydrogen (secondary N) is 1. The molecule has 0 radical (unpaired) electrons. The number of ketones is 2. The summed E-state index contributed by atoms with van der Waals surface area (Å²) in [6.45, 7) is 13.0. The van der Waals surface area contributed by atoms with Gasteiger partial charge in [0, 0.05) is 59.1 Å². The molecule has 0 spiro atoms. The van der Waals surface area contributed by atoms with Crippen LogP contribution in [0.5, 0.6) is 5.75 Å². The van der Waals surface area contributed by atoms with Crippen LogP contribution in [0.1, 0.15) is 81.5 Å². The van der Waals surface area contributed by atoms with Crippen molar-refractivity contribution in [2.75, 3.05) is 11.9 Å². The second kappa shape index (κ2) is 12.1. The van der Waals surface area contributed by atoms with E-state index in [1.165, 1.54) is 0 Å². The number of anilines is 1. The zero-order valence-electron chi connectivity index (χ0n) is 27.8. The predicted molar refractivity (Wildman–Crippen MR) is 181 cm³/mol. The Balaban J connectivity index is 1.43. The SMILES string of the molecule is Cc1ccc(NC(=O)COc2ccccc2C2C3=C(CC(C)(C)CC3=O)N(Cc3ccccc3)C3=C2C(=O)CC(C)(C)C3)c(C)c1. The predicted octanol–water partition coefficient (Wildman–Crippen LogP) is 8.21. The normalized spacial score (nSPS) is 19.1. The van der Waals surface area contributed by atoms with E-state index in [0.29, 0.717) is 36.3 Å². The highest BCUT2D eigenvalue weighted by molar-refractivity contribution is 6.07. The fraction of sp³-hybridized carbons (Fsp3) is 0.375. The first-order chi connectivity index (χ1) is 21.8. The highest BCUT2D eigenvalue weighted by Gasteiger charge is 2.49. The third-order valence-corrected chi connectivity index (χ3v) is 9.45. The van der Waals surface area contributed by atoms with E-state index in [1.807, 2.05) is 74.5 Å². The number of carbonyl (C=O) groups is 3. The minimum atomic E-state index is -0.553. The molecule has 3 aromatic rings. The fourth-order valence-corrected chi connectivity index (χ4v) is 7.45. The maximum Gasteiger partial charge on any atom is 0.262 e. The van der Waals surface area contributed by atoms with Crippen molar-refractivity contribution in [2.45, 2.75) is 79.7 Å². The van der Waals surface area contributed by atoms with Crippen molar-refractivity contribution >= 4 is 23.2 Å². The summed E-state index contributed by atoms with van der Waals surface area (Å²) in [5, 5.41) is 2.96. The molecule has 3 aliphatic rings. The Hall–Kier alpha value is -4.45. The van der Waals surface area contributed by atoms with Crippen LogP contribution in [0.25, 0.3) is 0 Å². The van der Waals surface area contributed by atoms with E-state index in [9.17, 15) is 14.4 Å². The zero-order valence-corrected chi connectivity index (χ0v) is 27.8. The molecule has 1 aliphatic heterocycles. The summed E-state index contributed by atoms with van der Waals surface area (Å²) in [5.74, 6) is -0.177. The van der Waals surface area contributed by atoms with Gasteiger partial charge in [0.1, 0.15) is 5.75 Å². The molecule has 2 aliphatic carbocycles. The molecule has 0 unspecified atom stereocenters. The number of Topliss-reactive ketones (excluding diaryl/α,β-unsaturated/α-hetero) is 2. The largest absolute Gasteiger partial charge is 0.483 e. The number of ether oxygens (including phenoxy) is 1. The molecule has 1 N–H and O–H groups in total. The number of aryl methyl sites for hydroxylation is 2. The summed E-state index contributed by atoms with van der Waals surface area (Å²) in [4.78, 5) is 43.8. The Morgan fingerprint density at radius 3 is 2.00 bits per heavy atom. The third kappa shape index (κ3) is 6.31. The highest BCUT2D eigenvalue weighted by atomic mass is 16.5. The number of para-hydroxylation sites is 1. The second-order valence-corrected chi connectivity index (χ2v) is 14.8. The van der Waals surface area contributed by atoms with Gasteiger partial charge in [0.25, 0.3) is 5.91 Å². The van der Waals surface area contributed by atoms with Crippen LogP contribution in [0, 0.1) is 24.7 Å². The van der Waals surface area contributed by atoms with Gasteiger partial charge in [0.05, 0.1) is 0 Å². The number of nitrogens with zero attached hydrogens (tertiary/aromatic N) is 1. The Kier molecular flexibility index (Phi) is 8.26. The van der Waals surface area contributed by atoms with E-state index in [0.717, 1.165) is 52.2 Å². The van der Waals surface area contributed by atoms with Crippen LogP contribution in [0.4, 0.5) is 5.69 Å². The number of benzene rings is 3. The van der Waals surface area contributed by atoms with Crippen LogP contribution in [-0.4, -0.2) is 29.0 Å². The monoisotopic (exact) mass is 616 g/mol. The lowest BCUT2D eigenvalue weighted by atomic mass is 9.63. The number of carbonyl (C=O) groups excluding carboxylic acids is 3. The van der Waals surface area contributed by atoms with E-state index < -0.39 is 5.92 Å². The first kappa shape index (κ1) is 31.5. The zero-order chi connectivity index (χ0) is 32.8. The molecular formula is C40H44N2O4. The molecule has 0 aromatic heterocycles. The highest BCUT2D eigenvalue weighted by Crippen LogP contribution is 2.55. The van der Waals surface area contributed by atoms with E-state index in [2.05, 4.69) is 50.0 Å². The molecule has 1 amide bonds. The molecule has 0 atom stereocenters. The van der Waals surface area contributed by atoms with Gasteiger partial charge in [-0.1, -0.05) is 93.9 Å². The molecule has 0 saturated carbocycles. The first-order valence-electron chi connectivity index (χ1n) is 16.2. The smallest absolute Gasteiger partial charge is 0.262 e. The summed E-state index contributed by atoms with van der Waals surface area (Å²) in [6, 6.07) is 23.7. The topological polar surface area (TPSA) is 75.7 Å². The van der Waals surface area contributed by atoms with Crippen LogP contribution >= 0.6 is 0 Å². The Morgan fingerprint density at radius 1 is 0.804 bits per heavy atom. The lowest BCUT2D eigenvalue weighted by molar-refractivity contribution is -0.120. The third-order valence-electron chi connectivity index (χ3n) is 9.45. The van der Waals surface area contributed by atoms with E-state index in [1.54, 1.807) is 0 Å². The Bertz CT molecular complexity index is 1730. The molecule has 0 saturated heterocycles.